The van der Waals surface area contributed by atoms with Gasteiger partial charge in [-0.25, -0.2) is 4.98 Å². The Morgan fingerprint density at radius 3 is 2.54 bits per heavy atom. The van der Waals surface area contributed by atoms with Gasteiger partial charge in [0.15, 0.2) is 0 Å². The average Bonchev–Trinajstić information content (AvgIpc) is 3.04. The molecule has 0 spiro atoms. The predicted octanol–water partition coefficient (Wildman–Crippen LogP) is 1.09. The zero-order chi connectivity index (χ0) is 17.2. The van der Waals surface area contributed by atoms with Gasteiger partial charge in [-0.05, 0) is 45.4 Å². The highest BCUT2D eigenvalue weighted by Crippen LogP contribution is 2.33. The minimum atomic E-state index is -0.139. The van der Waals surface area contributed by atoms with Gasteiger partial charge in [0, 0.05) is 44.8 Å². The molecule has 1 amide bonds. The Labute approximate surface area is 144 Å². The number of anilines is 1. The van der Waals surface area contributed by atoms with E-state index in [0.29, 0.717) is 17.3 Å². The second kappa shape index (κ2) is 7.07. The molecular formula is C18H29N5O. The van der Waals surface area contributed by atoms with Crippen LogP contribution in [-0.4, -0.2) is 67.6 Å². The summed E-state index contributed by atoms with van der Waals surface area (Å²) in [5.74, 6) is -0.139. The van der Waals surface area contributed by atoms with Crippen molar-refractivity contribution in [2.75, 3.05) is 45.2 Å². The number of hydrogen-bond donors (Lipinski definition) is 2. The summed E-state index contributed by atoms with van der Waals surface area (Å²) in [7, 11) is 3.70. The third-order valence-electron chi connectivity index (χ3n) is 5.72. The van der Waals surface area contributed by atoms with E-state index in [1.165, 1.54) is 19.3 Å². The van der Waals surface area contributed by atoms with Gasteiger partial charge in [0.05, 0.1) is 11.9 Å². The highest BCUT2D eigenvalue weighted by atomic mass is 16.1. The van der Waals surface area contributed by atoms with Crippen molar-refractivity contribution in [3.63, 3.8) is 0 Å². The Balaban J connectivity index is 1.55. The molecule has 2 N–H and O–H groups in total. The zero-order valence-electron chi connectivity index (χ0n) is 15.0. The molecule has 0 aromatic carbocycles. The van der Waals surface area contributed by atoms with Crippen LogP contribution in [0.2, 0.25) is 0 Å². The molecule has 1 aliphatic carbocycles. The van der Waals surface area contributed by atoms with Gasteiger partial charge in [0.2, 0.25) is 0 Å². The van der Waals surface area contributed by atoms with Gasteiger partial charge in [0.1, 0.15) is 5.69 Å². The fraction of sp³-hybridized carbons (Fsp3) is 0.667. The number of aromatic nitrogens is 1. The van der Waals surface area contributed by atoms with Crippen LogP contribution in [0.5, 0.6) is 0 Å². The van der Waals surface area contributed by atoms with E-state index in [1.54, 1.807) is 13.1 Å². The molecule has 1 aromatic rings. The van der Waals surface area contributed by atoms with Gasteiger partial charge < -0.3 is 15.5 Å². The Morgan fingerprint density at radius 1 is 1.25 bits per heavy atom. The molecule has 2 fully saturated rings. The van der Waals surface area contributed by atoms with Crippen LogP contribution in [0.1, 0.15) is 36.7 Å². The Kier molecular flexibility index (Phi) is 5.06. The third-order valence-corrected chi connectivity index (χ3v) is 5.72. The van der Waals surface area contributed by atoms with E-state index in [1.807, 2.05) is 12.3 Å². The highest BCUT2D eigenvalue weighted by Gasteiger charge is 2.37. The van der Waals surface area contributed by atoms with Crippen LogP contribution in [0.4, 0.5) is 5.69 Å². The van der Waals surface area contributed by atoms with Gasteiger partial charge in [-0.2, -0.15) is 0 Å². The van der Waals surface area contributed by atoms with Crippen LogP contribution >= 0.6 is 0 Å². The first-order valence-corrected chi connectivity index (χ1v) is 8.91. The number of carbonyl (C=O) groups is 1. The molecule has 6 nitrogen and oxygen atoms in total. The number of piperazine rings is 1. The maximum Gasteiger partial charge on any atom is 0.269 e. The van der Waals surface area contributed by atoms with Crippen molar-refractivity contribution < 1.29 is 4.79 Å². The fourth-order valence-electron chi connectivity index (χ4n) is 3.93. The first kappa shape index (κ1) is 17.2. The van der Waals surface area contributed by atoms with E-state index in [0.717, 1.165) is 31.9 Å². The Morgan fingerprint density at radius 2 is 2.00 bits per heavy atom. The lowest BCUT2D eigenvalue weighted by Gasteiger charge is -2.39. The summed E-state index contributed by atoms with van der Waals surface area (Å²) in [6, 6.07) is 4.51. The van der Waals surface area contributed by atoms with Crippen LogP contribution in [0.15, 0.2) is 18.3 Å². The molecule has 1 aliphatic heterocycles. The SMILES string of the molecule is CNC(=O)c1ccc(N2CCN([C@@H]3CCC(C)(NC)C3)CC2)cn1. The molecule has 0 bridgehead atoms. The van der Waals surface area contributed by atoms with E-state index in [4.69, 9.17) is 0 Å². The third kappa shape index (κ3) is 3.54. The van der Waals surface area contributed by atoms with Gasteiger partial charge in [-0.15, -0.1) is 0 Å². The molecule has 1 unspecified atom stereocenters. The number of pyridine rings is 1. The van der Waals surface area contributed by atoms with Crippen LogP contribution in [-0.2, 0) is 0 Å². The van der Waals surface area contributed by atoms with E-state index in [-0.39, 0.29) is 5.91 Å². The molecule has 6 heteroatoms. The van der Waals surface area contributed by atoms with E-state index < -0.39 is 0 Å². The molecule has 1 saturated heterocycles. The van der Waals surface area contributed by atoms with Gasteiger partial charge in [-0.1, -0.05) is 0 Å². The number of carbonyl (C=O) groups excluding carboxylic acids is 1. The molecule has 132 valence electrons. The normalized spacial score (nSPS) is 28.1. The lowest BCUT2D eigenvalue weighted by atomic mass is 10.0. The van der Waals surface area contributed by atoms with Crippen molar-refractivity contribution in [3.8, 4) is 0 Å². The maximum absolute atomic E-state index is 11.6. The molecule has 0 radical (unpaired) electrons. The summed E-state index contributed by atoms with van der Waals surface area (Å²) >= 11 is 0. The second-order valence-corrected chi connectivity index (χ2v) is 7.21. The standard InChI is InChI=1S/C18H29N5O/c1-18(20-3)7-6-14(12-18)22-8-10-23(11-9-22)15-4-5-16(21-13-15)17(24)19-2/h4-5,13-14,20H,6-12H2,1-3H3,(H,19,24)/t14-,18?/m1/s1. The largest absolute Gasteiger partial charge is 0.368 e. The Bertz CT molecular complexity index is 567. The molecule has 1 saturated carbocycles. The number of rotatable bonds is 4. The first-order valence-electron chi connectivity index (χ1n) is 8.91. The molecule has 3 rings (SSSR count). The smallest absolute Gasteiger partial charge is 0.269 e. The number of amides is 1. The summed E-state index contributed by atoms with van der Waals surface area (Å²) in [6.45, 7) is 6.58. The number of hydrogen-bond acceptors (Lipinski definition) is 5. The van der Waals surface area contributed by atoms with Crippen molar-refractivity contribution in [2.45, 2.75) is 37.8 Å². The Hall–Kier alpha value is -1.66. The molecule has 24 heavy (non-hydrogen) atoms. The molecule has 1 aromatic heterocycles. The lowest BCUT2D eigenvalue weighted by Crippen LogP contribution is -2.50. The van der Waals surface area contributed by atoms with Crippen molar-refractivity contribution >= 4 is 11.6 Å². The van der Waals surface area contributed by atoms with Crippen molar-refractivity contribution in [1.82, 2.24) is 20.5 Å². The van der Waals surface area contributed by atoms with Crippen LogP contribution in [0, 0.1) is 0 Å². The maximum atomic E-state index is 11.6. The molecular weight excluding hydrogens is 302 g/mol. The quantitative estimate of drug-likeness (QED) is 0.865. The summed E-state index contributed by atoms with van der Waals surface area (Å²) in [5.41, 5.74) is 1.88. The molecule has 2 atom stereocenters. The van der Waals surface area contributed by atoms with Gasteiger partial charge >= 0.3 is 0 Å². The summed E-state index contributed by atoms with van der Waals surface area (Å²) in [4.78, 5) is 20.9. The second-order valence-electron chi connectivity index (χ2n) is 7.21. The first-order chi connectivity index (χ1) is 11.5. The fourth-order valence-corrected chi connectivity index (χ4v) is 3.93. The summed E-state index contributed by atoms with van der Waals surface area (Å²) in [6.07, 6.45) is 5.61. The van der Waals surface area contributed by atoms with Crippen molar-refractivity contribution in [3.05, 3.63) is 24.0 Å². The van der Waals surface area contributed by atoms with E-state index in [2.05, 4.69) is 39.4 Å². The van der Waals surface area contributed by atoms with Crippen LogP contribution in [0.25, 0.3) is 0 Å². The zero-order valence-corrected chi connectivity index (χ0v) is 15.0. The lowest BCUT2D eigenvalue weighted by molar-refractivity contribution is 0.0958. The van der Waals surface area contributed by atoms with Gasteiger partial charge in [-0.3, -0.25) is 9.69 Å². The topological polar surface area (TPSA) is 60.5 Å². The monoisotopic (exact) mass is 331 g/mol. The minimum absolute atomic E-state index is 0.139. The summed E-state index contributed by atoms with van der Waals surface area (Å²) < 4.78 is 0. The molecule has 2 heterocycles. The average molecular weight is 331 g/mol. The van der Waals surface area contributed by atoms with Gasteiger partial charge in [0.25, 0.3) is 5.91 Å². The van der Waals surface area contributed by atoms with Crippen molar-refractivity contribution in [1.29, 1.82) is 0 Å². The van der Waals surface area contributed by atoms with E-state index in [9.17, 15) is 4.79 Å². The summed E-state index contributed by atoms with van der Waals surface area (Å²) in [5, 5.41) is 6.09. The molecule has 2 aliphatic rings. The number of nitrogens with zero attached hydrogens (tertiary/aromatic N) is 3. The van der Waals surface area contributed by atoms with Crippen LogP contribution in [0.3, 0.4) is 0 Å². The van der Waals surface area contributed by atoms with Crippen molar-refractivity contribution in [2.24, 2.45) is 0 Å². The van der Waals surface area contributed by atoms with E-state index >= 15 is 0 Å². The van der Waals surface area contributed by atoms with Crippen LogP contribution < -0.4 is 15.5 Å². The predicted molar refractivity (Wildman–Crippen MR) is 96.5 cm³/mol. The highest BCUT2D eigenvalue weighted by molar-refractivity contribution is 5.92. The minimum Gasteiger partial charge on any atom is -0.368 e. The number of nitrogens with one attached hydrogen (secondary N) is 2.